The van der Waals surface area contributed by atoms with Crippen molar-refractivity contribution in [2.45, 2.75) is 11.8 Å². The molecule has 2 aromatic heterocycles. The van der Waals surface area contributed by atoms with Crippen molar-refractivity contribution in [1.82, 2.24) is 20.2 Å². The number of aromatic amines is 1. The van der Waals surface area contributed by atoms with Crippen LogP contribution in [0.1, 0.15) is 5.69 Å². The lowest BCUT2D eigenvalue weighted by Gasteiger charge is -2.09. The van der Waals surface area contributed by atoms with E-state index in [2.05, 4.69) is 30.2 Å². The summed E-state index contributed by atoms with van der Waals surface area (Å²) in [5.41, 5.74) is 1.30. The Hall–Kier alpha value is -2.85. The number of nitrogens with zero attached hydrogens (tertiary/aromatic N) is 3. The number of nitrogens with one attached hydrogen (secondary N) is 3. The minimum Gasteiger partial charge on any atom is -0.339 e. The fourth-order valence-electron chi connectivity index (χ4n) is 1.98. The molecule has 3 aromatic rings. The maximum atomic E-state index is 12.4. The first-order valence-electron chi connectivity index (χ1n) is 7.18. The van der Waals surface area contributed by atoms with Crippen LogP contribution in [0.4, 0.5) is 17.3 Å². The average Bonchev–Trinajstić information content (AvgIpc) is 2.59. The minimum atomic E-state index is -3.71. The van der Waals surface area contributed by atoms with Crippen LogP contribution in [-0.4, -0.2) is 28.6 Å². The summed E-state index contributed by atoms with van der Waals surface area (Å²) >= 11 is 4.94. The van der Waals surface area contributed by atoms with E-state index in [0.717, 1.165) is 0 Å². The Bertz CT molecular complexity index is 1030. The maximum absolute atomic E-state index is 12.4. The topological polar surface area (TPSA) is 113 Å². The molecule has 0 aliphatic heterocycles. The van der Waals surface area contributed by atoms with Crippen LogP contribution in [0.25, 0.3) is 0 Å². The van der Waals surface area contributed by atoms with E-state index in [4.69, 9.17) is 12.2 Å². The summed E-state index contributed by atoms with van der Waals surface area (Å²) in [6.07, 6.45) is 1.51. The molecule has 0 saturated heterocycles. The molecule has 0 unspecified atom stereocenters. The highest BCUT2D eigenvalue weighted by molar-refractivity contribution is 7.92. The average molecular weight is 374 g/mol. The highest BCUT2D eigenvalue weighted by atomic mass is 32.2. The van der Waals surface area contributed by atoms with Gasteiger partial charge in [0.1, 0.15) is 11.5 Å². The van der Waals surface area contributed by atoms with Crippen LogP contribution in [0, 0.1) is 11.7 Å². The standard InChI is InChI=1S/C15H14N6O2S2/c1-10-14(18-15(24)20-19-10)17-11-5-7-12(8-6-11)25(22,23)21-13-4-2-3-9-16-13/h2-9H,1H3,(H,16,21)(H2,17,18,20,24). The van der Waals surface area contributed by atoms with Gasteiger partial charge in [-0.3, -0.25) is 9.82 Å². The Morgan fingerprint density at radius 3 is 2.56 bits per heavy atom. The van der Waals surface area contributed by atoms with Gasteiger partial charge in [0.2, 0.25) is 4.77 Å². The summed E-state index contributed by atoms with van der Waals surface area (Å²) in [7, 11) is -3.71. The number of H-pyrrole nitrogens is 1. The van der Waals surface area contributed by atoms with E-state index in [1.54, 1.807) is 37.3 Å². The van der Waals surface area contributed by atoms with E-state index in [1.807, 2.05) is 0 Å². The summed E-state index contributed by atoms with van der Waals surface area (Å²) in [6, 6.07) is 11.2. The Balaban J connectivity index is 1.80. The molecule has 3 N–H and O–H groups in total. The van der Waals surface area contributed by atoms with Gasteiger partial charge >= 0.3 is 0 Å². The van der Waals surface area contributed by atoms with Gasteiger partial charge < -0.3 is 5.32 Å². The molecule has 25 heavy (non-hydrogen) atoms. The Morgan fingerprint density at radius 1 is 1.12 bits per heavy atom. The number of benzene rings is 1. The quantitative estimate of drug-likeness (QED) is 0.589. The molecule has 8 nitrogen and oxygen atoms in total. The minimum absolute atomic E-state index is 0.122. The van der Waals surface area contributed by atoms with Crippen LogP contribution in [0.15, 0.2) is 53.6 Å². The summed E-state index contributed by atoms with van der Waals surface area (Å²) in [5, 5.41) is 9.66. The van der Waals surface area contributed by atoms with Gasteiger partial charge in [-0.1, -0.05) is 6.07 Å². The molecule has 0 atom stereocenters. The summed E-state index contributed by atoms with van der Waals surface area (Å²) in [4.78, 5) is 8.21. The second kappa shape index (κ2) is 6.95. The first kappa shape index (κ1) is 17.0. The van der Waals surface area contributed by atoms with Crippen molar-refractivity contribution in [1.29, 1.82) is 0 Å². The third-order valence-corrected chi connectivity index (χ3v) is 4.76. The number of sulfonamides is 1. The lowest BCUT2D eigenvalue weighted by molar-refractivity contribution is 0.601. The zero-order valence-electron chi connectivity index (χ0n) is 13.1. The molecule has 0 bridgehead atoms. The fraction of sp³-hybridized carbons (Fsp3) is 0.0667. The third kappa shape index (κ3) is 4.17. The van der Waals surface area contributed by atoms with Gasteiger partial charge in [-0.15, -0.1) is 0 Å². The molecule has 0 spiro atoms. The first-order valence-corrected chi connectivity index (χ1v) is 9.07. The lowest BCUT2D eigenvalue weighted by atomic mass is 10.3. The largest absolute Gasteiger partial charge is 0.339 e. The molecule has 0 aliphatic rings. The molecule has 2 heterocycles. The van der Waals surface area contributed by atoms with Gasteiger partial charge in [-0.05, 0) is 55.5 Å². The van der Waals surface area contributed by atoms with Gasteiger partial charge in [-0.2, -0.15) is 10.1 Å². The summed E-state index contributed by atoms with van der Waals surface area (Å²) < 4.78 is 27.4. The molecule has 0 saturated carbocycles. The highest BCUT2D eigenvalue weighted by Crippen LogP contribution is 2.20. The normalized spacial score (nSPS) is 11.1. The third-order valence-electron chi connectivity index (χ3n) is 3.21. The predicted octanol–water partition coefficient (Wildman–Crippen LogP) is 2.78. The number of aryl methyl sites for hydroxylation is 1. The number of anilines is 3. The van der Waals surface area contributed by atoms with Gasteiger partial charge in [0.05, 0.1) is 4.90 Å². The van der Waals surface area contributed by atoms with E-state index in [0.29, 0.717) is 17.2 Å². The van der Waals surface area contributed by atoms with Gasteiger partial charge in [0.15, 0.2) is 5.82 Å². The zero-order valence-corrected chi connectivity index (χ0v) is 14.7. The smallest absolute Gasteiger partial charge is 0.263 e. The van der Waals surface area contributed by atoms with Crippen LogP contribution in [-0.2, 0) is 10.0 Å². The van der Waals surface area contributed by atoms with Gasteiger partial charge in [0.25, 0.3) is 10.0 Å². The Morgan fingerprint density at radius 2 is 1.88 bits per heavy atom. The van der Waals surface area contributed by atoms with Crippen molar-refractivity contribution in [2.75, 3.05) is 10.0 Å². The predicted molar refractivity (Wildman–Crippen MR) is 96.7 cm³/mol. The number of pyridine rings is 1. The second-order valence-corrected chi connectivity index (χ2v) is 7.11. The van der Waals surface area contributed by atoms with Crippen molar-refractivity contribution in [2.24, 2.45) is 0 Å². The van der Waals surface area contributed by atoms with E-state index in [-0.39, 0.29) is 15.5 Å². The zero-order chi connectivity index (χ0) is 17.9. The molecule has 0 amide bonds. The molecule has 1 aromatic carbocycles. The molecule has 0 radical (unpaired) electrons. The monoisotopic (exact) mass is 374 g/mol. The van der Waals surface area contributed by atoms with Crippen molar-refractivity contribution in [3.05, 3.63) is 59.1 Å². The van der Waals surface area contributed by atoms with Crippen molar-refractivity contribution < 1.29 is 8.42 Å². The molecular weight excluding hydrogens is 360 g/mol. The van der Waals surface area contributed by atoms with E-state index in [1.165, 1.54) is 18.3 Å². The molecule has 10 heteroatoms. The highest BCUT2D eigenvalue weighted by Gasteiger charge is 2.14. The van der Waals surface area contributed by atoms with Crippen LogP contribution >= 0.6 is 12.2 Å². The van der Waals surface area contributed by atoms with Crippen molar-refractivity contribution >= 4 is 39.6 Å². The number of hydrogen-bond acceptors (Lipinski definition) is 7. The van der Waals surface area contributed by atoms with Crippen LogP contribution in [0.2, 0.25) is 0 Å². The van der Waals surface area contributed by atoms with Crippen LogP contribution < -0.4 is 10.0 Å². The number of rotatable bonds is 5. The molecule has 3 rings (SSSR count). The van der Waals surface area contributed by atoms with E-state index >= 15 is 0 Å². The number of aromatic nitrogens is 4. The Labute approximate surface area is 149 Å². The van der Waals surface area contributed by atoms with Gasteiger partial charge in [-0.25, -0.2) is 13.4 Å². The maximum Gasteiger partial charge on any atom is 0.263 e. The van der Waals surface area contributed by atoms with Gasteiger partial charge in [0, 0.05) is 11.9 Å². The molecule has 0 aliphatic carbocycles. The molecule has 128 valence electrons. The SMILES string of the molecule is Cc1n[nH]c(=S)nc1Nc1ccc(S(=O)(=O)Nc2ccccn2)cc1. The summed E-state index contributed by atoms with van der Waals surface area (Å²) in [6.45, 7) is 1.77. The van der Waals surface area contributed by atoms with Crippen LogP contribution in [0.5, 0.6) is 0 Å². The number of hydrogen-bond donors (Lipinski definition) is 3. The fourth-order valence-corrected chi connectivity index (χ4v) is 3.13. The lowest BCUT2D eigenvalue weighted by Crippen LogP contribution is -2.13. The van der Waals surface area contributed by atoms with E-state index < -0.39 is 10.0 Å². The van der Waals surface area contributed by atoms with E-state index in [9.17, 15) is 8.42 Å². The van der Waals surface area contributed by atoms with Crippen LogP contribution in [0.3, 0.4) is 0 Å². The molecular formula is C15H14N6O2S2. The van der Waals surface area contributed by atoms with Crippen molar-refractivity contribution in [3.8, 4) is 0 Å². The summed E-state index contributed by atoms with van der Waals surface area (Å²) in [5.74, 6) is 0.764. The second-order valence-electron chi connectivity index (χ2n) is 5.04. The Kier molecular flexibility index (Phi) is 4.72. The van der Waals surface area contributed by atoms with Crippen molar-refractivity contribution in [3.63, 3.8) is 0 Å². The molecule has 0 fully saturated rings. The first-order chi connectivity index (χ1) is 11.9.